The highest BCUT2D eigenvalue weighted by atomic mass is 35.5. The molecule has 5 rings (SSSR count). The van der Waals surface area contributed by atoms with E-state index < -0.39 is 0 Å². The van der Waals surface area contributed by atoms with Crippen molar-refractivity contribution in [1.82, 2.24) is 20.1 Å². The van der Waals surface area contributed by atoms with E-state index in [4.69, 9.17) is 16.6 Å². The normalized spacial score (nSPS) is 16.4. The van der Waals surface area contributed by atoms with Crippen LogP contribution in [0.3, 0.4) is 0 Å². The molecular formula is C24H24ClN5OS. The van der Waals surface area contributed by atoms with Gasteiger partial charge in [0.25, 0.3) is 0 Å². The van der Waals surface area contributed by atoms with E-state index in [2.05, 4.69) is 15.3 Å². The van der Waals surface area contributed by atoms with E-state index in [9.17, 15) is 4.79 Å². The molecule has 1 atom stereocenters. The van der Waals surface area contributed by atoms with Gasteiger partial charge in [0, 0.05) is 24.7 Å². The molecule has 3 heterocycles. The average molecular weight is 466 g/mol. The van der Waals surface area contributed by atoms with Crippen molar-refractivity contribution in [3.05, 3.63) is 70.9 Å². The first-order valence-electron chi connectivity index (χ1n) is 10.8. The van der Waals surface area contributed by atoms with Crippen LogP contribution in [-0.4, -0.2) is 33.8 Å². The van der Waals surface area contributed by atoms with Gasteiger partial charge < -0.3 is 10.2 Å². The SMILES string of the molecule is Cc1nn(-c2ccc(Cl)cc2)c2nc(N3CCCC(C(=O)NCc4ccccc4)C3)sc12. The third-order valence-corrected chi connectivity index (χ3v) is 7.29. The summed E-state index contributed by atoms with van der Waals surface area (Å²) in [6.07, 6.45) is 1.88. The molecule has 4 aromatic rings. The molecule has 0 bridgehead atoms. The summed E-state index contributed by atoms with van der Waals surface area (Å²) in [5, 5.41) is 9.41. The number of thiazole rings is 1. The zero-order chi connectivity index (χ0) is 22.1. The molecule has 0 radical (unpaired) electrons. The van der Waals surface area contributed by atoms with E-state index >= 15 is 0 Å². The molecule has 0 aliphatic carbocycles. The minimum atomic E-state index is -0.0339. The zero-order valence-electron chi connectivity index (χ0n) is 17.8. The van der Waals surface area contributed by atoms with Gasteiger partial charge in [-0.2, -0.15) is 10.1 Å². The maximum atomic E-state index is 12.8. The Hall–Kier alpha value is -2.90. The molecule has 1 aliphatic heterocycles. The fraction of sp³-hybridized carbons (Fsp3) is 0.292. The topological polar surface area (TPSA) is 63.1 Å². The van der Waals surface area contributed by atoms with Gasteiger partial charge in [0.2, 0.25) is 5.91 Å². The second-order valence-electron chi connectivity index (χ2n) is 8.11. The zero-order valence-corrected chi connectivity index (χ0v) is 19.4. The predicted molar refractivity (Wildman–Crippen MR) is 130 cm³/mol. The molecule has 1 saturated heterocycles. The lowest BCUT2D eigenvalue weighted by Gasteiger charge is -2.31. The standard InChI is InChI=1S/C24H24ClN5OS/c1-16-21-22(30(28-16)20-11-9-19(25)10-12-20)27-24(32-21)29-13-5-8-18(15-29)23(31)26-14-17-6-3-2-4-7-17/h2-4,6-7,9-12,18H,5,8,13-15H2,1H3,(H,26,31). The number of hydrogen-bond acceptors (Lipinski definition) is 5. The van der Waals surface area contributed by atoms with E-state index in [1.165, 1.54) is 0 Å². The van der Waals surface area contributed by atoms with Crippen molar-refractivity contribution in [2.45, 2.75) is 26.3 Å². The van der Waals surface area contributed by atoms with Gasteiger partial charge in [-0.3, -0.25) is 4.79 Å². The number of rotatable bonds is 5. The van der Waals surface area contributed by atoms with Gasteiger partial charge in [-0.05, 0) is 49.6 Å². The minimum absolute atomic E-state index is 0.0339. The van der Waals surface area contributed by atoms with E-state index in [1.54, 1.807) is 11.3 Å². The minimum Gasteiger partial charge on any atom is -0.352 e. The smallest absolute Gasteiger partial charge is 0.225 e. The van der Waals surface area contributed by atoms with Gasteiger partial charge in [0.1, 0.15) is 0 Å². The van der Waals surface area contributed by atoms with Crippen molar-refractivity contribution < 1.29 is 4.79 Å². The number of hydrogen-bond donors (Lipinski definition) is 1. The molecular weight excluding hydrogens is 442 g/mol. The van der Waals surface area contributed by atoms with Crippen molar-refractivity contribution in [2.75, 3.05) is 18.0 Å². The van der Waals surface area contributed by atoms with Crippen molar-refractivity contribution in [2.24, 2.45) is 5.92 Å². The lowest BCUT2D eigenvalue weighted by Crippen LogP contribution is -2.42. The summed E-state index contributed by atoms with van der Waals surface area (Å²) in [6.45, 7) is 4.16. The van der Waals surface area contributed by atoms with Crippen molar-refractivity contribution >= 4 is 44.3 Å². The molecule has 0 spiro atoms. The fourth-order valence-electron chi connectivity index (χ4n) is 4.11. The number of aryl methyl sites for hydroxylation is 1. The van der Waals surface area contributed by atoms with Crippen molar-refractivity contribution in [3.8, 4) is 5.69 Å². The summed E-state index contributed by atoms with van der Waals surface area (Å²) in [4.78, 5) is 20.0. The molecule has 1 unspecified atom stereocenters. The molecule has 6 nitrogen and oxygen atoms in total. The third kappa shape index (κ3) is 4.23. The molecule has 1 fully saturated rings. The number of piperidine rings is 1. The lowest BCUT2D eigenvalue weighted by molar-refractivity contribution is -0.125. The Morgan fingerprint density at radius 1 is 1.19 bits per heavy atom. The van der Waals surface area contributed by atoms with Gasteiger partial charge in [0.15, 0.2) is 10.8 Å². The summed E-state index contributed by atoms with van der Waals surface area (Å²) < 4.78 is 2.94. The number of benzene rings is 2. The Balaban J connectivity index is 1.33. The highest BCUT2D eigenvalue weighted by molar-refractivity contribution is 7.22. The van der Waals surface area contributed by atoms with Crippen LogP contribution in [0.25, 0.3) is 16.0 Å². The van der Waals surface area contributed by atoms with Crippen LogP contribution < -0.4 is 10.2 Å². The second kappa shape index (κ2) is 8.92. The van der Waals surface area contributed by atoms with E-state index in [-0.39, 0.29) is 11.8 Å². The summed E-state index contributed by atoms with van der Waals surface area (Å²) >= 11 is 7.69. The number of fused-ring (bicyclic) bond motifs is 1. The second-order valence-corrected chi connectivity index (χ2v) is 9.53. The highest BCUT2D eigenvalue weighted by Gasteiger charge is 2.28. The molecule has 32 heavy (non-hydrogen) atoms. The van der Waals surface area contributed by atoms with Crippen molar-refractivity contribution in [3.63, 3.8) is 0 Å². The Morgan fingerprint density at radius 2 is 1.97 bits per heavy atom. The molecule has 8 heteroatoms. The molecule has 1 amide bonds. The Labute approximate surface area is 195 Å². The van der Waals surface area contributed by atoms with E-state index in [0.717, 1.165) is 51.8 Å². The third-order valence-electron chi connectivity index (χ3n) is 5.82. The van der Waals surface area contributed by atoms with E-state index in [0.29, 0.717) is 18.1 Å². The Kier molecular flexibility index (Phi) is 5.85. The highest BCUT2D eigenvalue weighted by Crippen LogP contribution is 2.34. The van der Waals surface area contributed by atoms with Crippen LogP contribution in [0.4, 0.5) is 5.13 Å². The van der Waals surface area contributed by atoms with Crippen LogP contribution in [0.1, 0.15) is 24.1 Å². The maximum Gasteiger partial charge on any atom is 0.225 e. The summed E-state index contributed by atoms with van der Waals surface area (Å²) in [6, 6.07) is 17.6. The van der Waals surface area contributed by atoms with Crippen LogP contribution in [0, 0.1) is 12.8 Å². The number of carbonyl (C=O) groups excluding carboxylic acids is 1. The average Bonchev–Trinajstić information content (AvgIpc) is 3.39. The maximum absolute atomic E-state index is 12.8. The van der Waals surface area contributed by atoms with Crippen LogP contribution in [0.2, 0.25) is 5.02 Å². The Bertz CT molecular complexity index is 1230. The van der Waals surface area contributed by atoms with Crippen LogP contribution >= 0.6 is 22.9 Å². The fourth-order valence-corrected chi connectivity index (χ4v) is 5.26. The quantitative estimate of drug-likeness (QED) is 0.451. The van der Waals surface area contributed by atoms with Crippen LogP contribution in [0.15, 0.2) is 54.6 Å². The first-order chi connectivity index (χ1) is 15.6. The number of anilines is 1. The first-order valence-corrected chi connectivity index (χ1v) is 12.0. The molecule has 2 aromatic carbocycles. The number of nitrogens with zero attached hydrogens (tertiary/aromatic N) is 4. The Morgan fingerprint density at radius 3 is 2.75 bits per heavy atom. The summed E-state index contributed by atoms with van der Waals surface area (Å²) in [5.74, 6) is 0.0801. The first kappa shape index (κ1) is 21.0. The van der Waals surface area contributed by atoms with Gasteiger partial charge >= 0.3 is 0 Å². The van der Waals surface area contributed by atoms with Gasteiger partial charge in [0.05, 0.1) is 22.0 Å². The molecule has 2 aromatic heterocycles. The number of aromatic nitrogens is 3. The molecule has 164 valence electrons. The molecule has 0 saturated carbocycles. The number of amides is 1. The number of nitrogens with one attached hydrogen (secondary N) is 1. The largest absolute Gasteiger partial charge is 0.352 e. The summed E-state index contributed by atoms with van der Waals surface area (Å²) in [5.41, 5.74) is 3.84. The predicted octanol–water partition coefficient (Wildman–Crippen LogP) is 4.98. The number of carbonyl (C=O) groups is 1. The van der Waals surface area contributed by atoms with Gasteiger partial charge in [-0.15, -0.1) is 0 Å². The monoisotopic (exact) mass is 465 g/mol. The van der Waals surface area contributed by atoms with Crippen LogP contribution in [0.5, 0.6) is 0 Å². The van der Waals surface area contributed by atoms with Crippen LogP contribution in [-0.2, 0) is 11.3 Å². The lowest BCUT2D eigenvalue weighted by atomic mass is 9.97. The molecule has 1 N–H and O–H groups in total. The van der Waals surface area contributed by atoms with Crippen molar-refractivity contribution in [1.29, 1.82) is 0 Å². The van der Waals surface area contributed by atoms with Gasteiger partial charge in [-0.1, -0.05) is 53.3 Å². The van der Waals surface area contributed by atoms with E-state index in [1.807, 2.05) is 66.2 Å². The van der Waals surface area contributed by atoms with Gasteiger partial charge in [-0.25, -0.2) is 4.68 Å². The molecule has 1 aliphatic rings. The number of halogens is 1. The summed E-state index contributed by atoms with van der Waals surface area (Å²) in [7, 11) is 0.